The van der Waals surface area contributed by atoms with Crippen molar-refractivity contribution < 1.29 is 0 Å². The van der Waals surface area contributed by atoms with E-state index in [4.69, 9.17) is 0 Å². The molecule has 0 aromatic carbocycles. The zero-order chi connectivity index (χ0) is 11.5. The van der Waals surface area contributed by atoms with Crippen LogP contribution in [0.15, 0.2) is 12.3 Å². The van der Waals surface area contributed by atoms with Gasteiger partial charge in [0.15, 0.2) is 0 Å². The molecule has 1 aromatic heterocycles. The Hall–Kier alpha value is -0.870. The number of nitrogens with zero attached hydrogens (tertiary/aromatic N) is 3. The van der Waals surface area contributed by atoms with Gasteiger partial charge in [-0.15, -0.1) is 0 Å². The van der Waals surface area contributed by atoms with Crippen molar-refractivity contribution in [1.29, 1.82) is 0 Å². The first-order chi connectivity index (χ1) is 7.65. The number of piperazine rings is 1. The van der Waals surface area contributed by atoms with E-state index < -0.39 is 0 Å². The summed E-state index contributed by atoms with van der Waals surface area (Å²) >= 11 is 0. The number of hydrogen-bond acceptors (Lipinski definition) is 3. The second-order valence-corrected chi connectivity index (χ2v) is 4.92. The van der Waals surface area contributed by atoms with Crippen molar-refractivity contribution in [2.75, 3.05) is 19.6 Å². The summed E-state index contributed by atoms with van der Waals surface area (Å²) in [6, 6.07) is 3.32. The van der Waals surface area contributed by atoms with Gasteiger partial charge in [-0.2, -0.15) is 5.10 Å². The number of aryl methyl sites for hydroxylation is 1. The van der Waals surface area contributed by atoms with E-state index in [1.807, 2.05) is 17.9 Å². The molecule has 90 valence electrons. The lowest BCUT2D eigenvalue weighted by Gasteiger charge is -2.36. The van der Waals surface area contributed by atoms with Crippen LogP contribution in [0.5, 0.6) is 0 Å². The molecule has 1 aromatic rings. The Labute approximate surface area is 97.6 Å². The molecule has 0 spiro atoms. The van der Waals surface area contributed by atoms with Gasteiger partial charge in [-0.3, -0.25) is 9.58 Å². The van der Waals surface area contributed by atoms with E-state index in [1.165, 1.54) is 5.69 Å². The van der Waals surface area contributed by atoms with Crippen molar-refractivity contribution in [3.05, 3.63) is 18.0 Å². The van der Waals surface area contributed by atoms with Crippen LogP contribution in [0, 0.1) is 0 Å². The first-order valence-corrected chi connectivity index (χ1v) is 6.10. The van der Waals surface area contributed by atoms with Crippen molar-refractivity contribution >= 4 is 0 Å². The summed E-state index contributed by atoms with van der Waals surface area (Å²) in [5.74, 6) is 0. The maximum Gasteiger partial charge on any atom is 0.0492 e. The molecule has 0 aliphatic carbocycles. The van der Waals surface area contributed by atoms with Crippen molar-refractivity contribution in [3.63, 3.8) is 0 Å². The van der Waals surface area contributed by atoms with Crippen molar-refractivity contribution in [2.45, 2.75) is 32.4 Å². The monoisotopic (exact) mass is 222 g/mol. The molecule has 1 aliphatic rings. The molecule has 1 N–H and O–H groups in total. The molecule has 0 saturated carbocycles. The molecular weight excluding hydrogens is 200 g/mol. The first-order valence-electron chi connectivity index (χ1n) is 6.10. The Morgan fingerprint density at radius 3 is 2.62 bits per heavy atom. The van der Waals surface area contributed by atoms with Crippen LogP contribution in [0.4, 0.5) is 0 Å². The molecule has 2 heterocycles. The highest BCUT2D eigenvalue weighted by atomic mass is 15.3. The molecule has 4 nitrogen and oxygen atoms in total. The number of nitrogens with one attached hydrogen (secondary N) is 1. The maximum absolute atomic E-state index is 4.20. The fraction of sp³-hybridized carbons (Fsp3) is 0.750. The maximum atomic E-state index is 4.20. The predicted octanol–water partition coefficient (Wildman–Crippen LogP) is 0.645. The summed E-state index contributed by atoms with van der Waals surface area (Å²) < 4.78 is 1.97. The molecule has 2 rings (SSSR count). The highest BCUT2D eigenvalue weighted by molar-refractivity contribution is 5.00. The van der Waals surface area contributed by atoms with Crippen molar-refractivity contribution in [3.8, 4) is 0 Å². The summed E-state index contributed by atoms with van der Waals surface area (Å²) in [5.41, 5.74) is 1.32. The Morgan fingerprint density at radius 2 is 2.06 bits per heavy atom. The molecular formula is C12H22N4. The lowest BCUT2D eigenvalue weighted by atomic mass is 10.1. The van der Waals surface area contributed by atoms with Crippen molar-refractivity contribution in [2.24, 2.45) is 7.05 Å². The van der Waals surface area contributed by atoms with Gasteiger partial charge < -0.3 is 5.32 Å². The third kappa shape index (κ3) is 2.83. The van der Waals surface area contributed by atoms with E-state index in [-0.39, 0.29) is 0 Å². The predicted molar refractivity (Wildman–Crippen MR) is 65.4 cm³/mol. The van der Waals surface area contributed by atoms with Gasteiger partial charge in [0.2, 0.25) is 0 Å². The third-order valence-corrected chi connectivity index (χ3v) is 3.24. The van der Waals surface area contributed by atoms with Gasteiger partial charge in [-0.25, -0.2) is 0 Å². The summed E-state index contributed by atoms with van der Waals surface area (Å²) in [5, 5.41) is 7.75. The molecule has 1 saturated heterocycles. The summed E-state index contributed by atoms with van der Waals surface area (Å²) in [6.07, 6.45) is 2.97. The molecule has 2 unspecified atom stereocenters. The zero-order valence-corrected chi connectivity index (χ0v) is 10.5. The molecule has 1 aliphatic heterocycles. The van der Waals surface area contributed by atoms with Gasteiger partial charge in [0, 0.05) is 57.1 Å². The van der Waals surface area contributed by atoms with Crippen LogP contribution in [-0.2, 0) is 13.5 Å². The molecule has 2 atom stereocenters. The van der Waals surface area contributed by atoms with Crippen LogP contribution in [-0.4, -0.2) is 46.4 Å². The van der Waals surface area contributed by atoms with Gasteiger partial charge in [0.1, 0.15) is 0 Å². The van der Waals surface area contributed by atoms with E-state index >= 15 is 0 Å². The van der Waals surface area contributed by atoms with Crippen LogP contribution >= 0.6 is 0 Å². The first kappa shape index (κ1) is 11.6. The molecule has 0 radical (unpaired) electrons. The number of aromatic nitrogens is 2. The van der Waals surface area contributed by atoms with E-state index in [2.05, 4.69) is 35.2 Å². The van der Waals surface area contributed by atoms with E-state index in [0.717, 1.165) is 26.1 Å². The lowest BCUT2D eigenvalue weighted by molar-refractivity contribution is 0.174. The highest BCUT2D eigenvalue weighted by Crippen LogP contribution is 2.06. The Kier molecular flexibility index (Phi) is 3.61. The van der Waals surface area contributed by atoms with Crippen LogP contribution in [0.25, 0.3) is 0 Å². The van der Waals surface area contributed by atoms with E-state index in [9.17, 15) is 0 Å². The Balaban J connectivity index is 1.84. The zero-order valence-electron chi connectivity index (χ0n) is 10.5. The Morgan fingerprint density at radius 1 is 1.38 bits per heavy atom. The molecule has 0 amide bonds. The third-order valence-electron chi connectivity index (χ3n) is 3.24. The van der Waals surface area contributed by atoms with Crippen molar-refractivity contribution in [1.82, 2.24) is 20.0 Å². The average molecular weight is 222 g/mol. The van der Waals surface area contributed by atoms with Gasteiger partial charge in [0.05, 0.1) is 0 Å². The minimum Gasteiger partial charge on any atom is -0.309 e. The van der Waals surface area contributed by atoms with Gasteiger partial charge >= 0.3 is 0 Å². The van der Waals surface area contributed by atoms with E-state index in [1.54, 1.807) is 0 Å². The summed E-state index contributed by atoms with van der Waals surface area (Å²) in [7, 11) is 2.01. The van der Waals surface area contributed by atoms with Crippen LogP contribution in [0.3, 0.4) is 0 Å². The van der Waals surface area contributed by atoms with E-state index in [0.29, 0.717) is 12.1 Å². The fourth-order valence-electron chi connectivity index (χ4n) is 2.54. The molecule has 16 heavy (non-hydrogen) atoms. The number of hydrogen-bond donors (Lipinski definition) is 1. The minimum atomic E-state index is 0.607. The summed E-state index contributed by atoms with van der Waals surface area (Å²) in [6.45, 7) is 7.96. The smallest absolute Gasteiger partial charge is 0.0492 e. The van der Waals surface area contributed by atoms with Gasteiger partial charge in [-0.1, -0.05) is 0 Å². The standard InChI is InChI=1S/C12H22N4/c1-10-8-16(9-11(2)14-10)7-5-12-4-6-13-15(12)3/h4,6,10-11,14H,5,7-9H2,1-3H3. The lowest BCUT2D eigenvalue weighted by Crippen LogP contribution is -2.54. The van der Waals surface area contributed by atoms with Crippen LogP contribution < -0.4 is 5.32 Å². The highest BCUT2D eigenvalue weighted by Gasteiger charge is 2.20. The van der Waals surface area contributed by atoms with Gasteiger partial charge in [0.25, 0.3) is 0 Å². The second kappa shape index (κ2) is 4.97. The average Bonchev–Trinajstić information content (AvgIpc) is 2.59. The quantitative estimate of drug-likeness (QED) is 0.815. The summed E-state index contributed by atoms with van der Waals surface area (Å²) in [4.78, 5) is 2.54. The molecule has 1 fully saturated rings. The fourth-order valence-corrected chi connectivity index (χ4v) is 2.54. The number of rotatable bonds is 3. The molecule has 4 heteroatoms. The second-order valence-electron chi connectivity index (χ2n) is 4.92. The van der Waals surface area contributed by atoms with Gasteiger partial charge in [-0.05, 0) is 19.9 Å². The minimum absolute atomic E-state index is 0.607. The normalized spacial score (nSPS) is 27.2. The van der Waals surface area contributed by atoms with Crippen LogP contribution in [0.1, 0.15) is 19.5 Å². The SMILES string of the molecule is CC1CN(CCc2ccnn2C)CC(C)N1. The Bertz CT molecular complexity index is 324. The topological polar surface area (TPSA) is 33.1 Å². The molecule has 0 bridgehead atoms. The van der Waals surface area contributed by atoms with Crippen LogP contribution in [0.2, 0.25) is 0 Å². The largest absolute Gasteiger partial charge is 0.309 e.